The third-order valence-electron chi connectivity index (χ3n) is 3.88. The lowest BCUT2D eigenvalue weighted by Crippen LogP contribution is -2.16. The van der Waals surface area contributed by atoms with E-state index in [1.807, 2.05) is 16.7 Å². The third-order valence-corrected chi connectivity index (χ3v) is 3.88. The third kappa shape index (κ3) is 3.18. The molecule has 0 radical (unpaired) electrons. The minimum Gasteiger partial charge on any atom is -0.477 e. The Kier molecular flexibility index (Phi) is 4.07. The molecule has 4 rings (SSSR count). The number of aryl methyl sites for hydroxylation is 1. The van der Waals surface area contributed by atoms with Gasteiger partial charge in [0.2, 0.25) is 5.88 Å². The van der Waals surface area contributed by atoms with Crippen molar-refractivity contribution in [2.45, 2.75) is 19.4 Å². The van der Waals surface area contributed by atoms with Gasteiger partial charge >= 0.3 is 0 Å². The zero-order valence-electron chi connectivity index (χ0n) is 13.4. The molecule has 1 aliphatic rings. The van der Waals surface area contributed by atoms with Gasteiger partial charge in [-0.3, -0.25) is 4.79 Å². The minimum atomic E-state index is -0.314. The van der Waals surface area contributed by atoms with Crippen LogP contribution in [0.4, 0.5) is 5.82 Å². The van der Waals surface area contributed by atoms with E-state index in [1.165, 1.54) is 0 Å². The molecule has 1 aliphatic heterocycles. The van der Waals surface area contributed by atoms with Crippen molar-refractivity contribution >= 4 is 11.7 Å². The smallest absolute Gasteiger partial charge is 0.262 e. The number of pyridine rings is 2. The summed E-state index contributed by atoms with van der Waals surface area (Å²) in [5.74, 6) is 1.13. The Balaban J connectivity index is 1.73. The van der Waals surface area contributed by atoms with Crippen molar-refractivity contribution in [1.82, 2.24) is 24.7 Å². The molecule has 8 nitrogen and oxygen atoms in total. The van der Waals surface area contributed by atoms with Crippen LogP contribution in [0.3, 0.4) is 0 Å². The molecule has 3 aromatic heterocycles. The molecule has 8 heteroatoms. The number of anilines is 1. The first kappa shape index (κ1) is 15.3. The first-order valence-electron chi connectivity index (χ1n) is 8.06. The number of carbonyl (C=O) groups excluding carboxylic acids is 1. The highest BCUT2D eigenvalue weighted by Crippen LogP contribution is 2.20. The van der Waals surface area contributed by atoms with E-state index in [1.54, 1.807) is 30.7 Å². The van der Waals surface area contributed by atoms with Gasteiger partial charge in [0.05, 0.1) is 6.61 Å². The summed E-state index contributed by atoms with van der Waals surface area (Å²) >= 11 is 0. The van der Waals surface area contributed by atoms with Crippen LogP contribution >= 0.6 is 0 Å². The molecule has 0 aliphatic carbocycles. The summed E-state index contributed by atoms with van der Waals surface area (Å²) in [6, 6.07) is 8.79. The van der Waals surface area contributed by atoms with Gasteiger partial charge in [0.1, 0.15) is 23.4 Å². The van der Waals surface area contributed by atoms with Gasteiger partial charge in [-0.05, 0) is 37.1 Å². The summed E-state index contributed by atoms with van der Waals surface area (Å²) in [6.45, 7) is 1.25. The molecule has 4 heterocycles. The number of ether oxygens (including phenoxy) is 1. The Morgan fingerprint density at radius 3 is 3.08 bits per heavy atom. The molecule has 0 atom stereocenters. The number of nitrogens with zero attached hydrogens (tertiary/aromatic N) is 5. The molecule has 126 valence electrons. The van der Waals surface area contributed by atoms with Crippen LogP contribution in [0, 0.1) is 0 Å². The molecule has 0 aromatic carbocycles. The van der Waals surface area contributed by atoms with Gasteiger partial charge < -0.3 is 14.6 Å². The second-order valence-electron chi connectivity index (χ2n) is 5.62. The van der Waals surface area contributed by atoms with Crippen LogP contribution in [0.15, 0.2) is 42.9 Å². The van der Waals surface area contributed by atoms with Crippen molar-refractivity contribution in [2.75, 3.05) is 11.9 Å². The summed E-state index contributed by atoms with van der Waals surface area (Å²) in [5.41, 5.74) is 1.05. The number of hydrogen-bond donors (Lipinski definition) is 1. The van der Waals surface area contributed by atoms with E-state index in [-0.39, 0.29) is 5.91 Å². The van der Waals surface area contributed by atoms with Gasteiger partial charge in [-0.2, -0.15) is 0 Å². The van der Waals surface area contributed by atoms with Crippen molar-refractivity contribution in [2.24, 2.45) is 0 Å². The molecular formula is C17H16N6O2. The lowest BCUT2D eigenvalue weighted by Gasteiger charge is -2.12. The average Bonchev–Trinajstić information content (AvgIpc) is 3.10. The van der Waals surface area contributed by atoms with Crippen molar-refractivity contribution in [1.29, 1.82) is 0 Å². The van der Waals surface area contributed by atoms with Gasteiger partial charge in [-0.1, -0.05) is 6.07 Å². The standard InChI is InChI=1S/C17H16N6O2/c24-16-12-5-4-8-18-17(12)25-10-2-1-9-23-11-19-22-15(23)13-6-3-7-14(20-13)21-16/h3-8,11H,1-2,9-10H2,(H,20,21,24). The number of aromatic nitrogens is 5. The van der Waals surface area contributed by atoms with Crippen LogP contribution in [0.2, 0.25) is 0 Å². The second kappa shape index (κ2) is 6.68. The van der Waals surface area contributed by atoms with Crippen molar-refractivity contribution in [3.8, 4) is 17.4 Å². The lowest BCUT2D eigenvalue weighted by atomic mass is 10.2. The number of carbonyl (C=O) groups is 1. The predicted octanol–water partition coefficient (Wildman–Crippen LogP) is 2.16. The van der Waals surface area contributed by atoms with Gasteiger partial charge in [-0.25, -0.2) is 9.97 Å². The minimum absolute atomic E-state index is 0.314. The zero-order chi connectivity index (χ0) is 17.1. The highest BCUT2D eigenvalue weighted by molar-refractivity contribution is 6.05. The van der Waals surface area contributed by atoms with E-state index in [0.717, 1.165) is 19.4 Å². The molecule has 0 unspecified atom stereocenters. The van der Waals surface area contributed by atoms with E-state index in [2.05, 4.69) is 25.5 Å². The maximum atomic E-state index is 12.6. The second-order valence-corrected chi connectivity index (χ2v) is 5.62. The average molecular weight is 336 g/mol. The van der Waals surface area contributed by atoms with Crippen LogP contribution in [0.1, 0.15) is 23.2 Å². The Morgan fingerprint density at radius 1 is 1.16 bits per heavy atom. The maximum Gasteiger partial charge on any atom is 0.262 e. The van der Waals surface area contributed by atoms with Crippen molar-refractivity contribution in [3.63, 3.8) is 0 Å². The Morgan fingerprint density at radius 2 is 2.12 bits per heavy atom. The number of rotatable bonds is 0. The van der Waals surface area contributed by atoms with Crippen LogP contribution < -0.4 is 10.1 Å². The van der Waals surface area contributed by atoms with E-state index in [4.69, 9.17) is 4.74 Å². The Hall–Kier alpha value is -3.29. The molecular weight excluding hydrogens is 320 g/mol. The molecule has 2 bridgehead atoms. The number of fused-ring (bicyclic) bond motifs is 5. The monoisotopic (exact) mass is 336 g/mol. The van der Waals surface area contributed by atoms with Crippen LogP contribution in [0.25, 0.3) is 11.5 Å². The summed E-state index contributed by atoms with van der Waals surface area (Å²) < 4.78 is 7.64. The highest BCUT2D eigenvalue weighted by Gasteiger charge is 2.16. The lowest BCUT2D eigenvalue weighted by molar-refractivity contribution is 0.102. The molecule has 0 spiro atoms. The van der Waals surface area contributed by atoms with Gasteiger partial charge in [0, 0.05) is 12.7 Å². The van der Waals surface area contributed by atoms with Crippen LogP contribution in [0.5, 0.6) is 5.88 Å². The van der Waals surface area contributed by atoms with E-state index >= 15 is 0 Å². The Labute approximate surface area is 143 Å². The number of amides is 1. The molecule has 1 amide bonds. The summed E-state index contributed by atoms with van der Waals surface area (Å²) in [5, 5.41) is 10.9. The molecule has 0 fully saturated rings. The van der Waals surface area contributed by atoms with E-state index in [9.17, 15) is 4.79 Å². The summed E-state index contributed by atoms with van der Waals surface area (Å²) in [4.78, 5) is 21.2. The molecule has 3 aromatic rings. The normalized spacial score (nSPS) is 14.5. The maximum absolute atomic E-state index is 12.6. The van der Waals surface area contributed by atoms with E-state index in [0.29, 0.717) is 35.4 Å². The SMILES string of the molecule is O=C1Nc2cccc(n2)-c2nncn2CCCCOc2ncccc21. The van der Waals surface area contributed by atoms with Crippen molar-refractivity contribution < 1.29 is 9.53 Å². The fourth-order valence-electron chi connectivity index (χ4n) is 2.66. The Bertz CT molecular complexity index is 907. The molecule has 0 saturated heterocycles. The van der Waals surface area contributed by atoms with E-state index < -0.39 is 0 Å². The topological polar surface area (TPSA) is 94.8 Å². The largest absolute Gasteiger partial charge is 0.477 e. The van der Waals surface area contributed by atoms with Gasteiger partial charge in [0.25, 0.3) is 5.91 Å². The van der Waals surface area contributed by atoms with Crippen LogP contribution in [-0.4, -0.2) is 37.2 Å². The van der Waals surface area contributed by atoms with Crippen LogP contribution in [-0.2, 0) is 6.54 Å². The molecule has 0 saturated carbocycles. The van der Waals surface area contributed by atoms with Crippen molar-refractivity contribution in [3.05, 3.63) is 48.4 Å². The first-order chi connectivity index (χ1) is 12.3. The molecule has 25 heavy (non-hydrogen) atoms. The zero-order valence-corrected chi connectivity index (χ0v) is 13.4. The fraction of sp³-hybridized carbons (Fsp3) is 0.235. The van der Waals surface area contributed by atoms with Gasteiger partial charge in [0.15, 0.2) is 5.82 Å². The highest BCUT2D eigenvalue weighted by atomic mass is 16.5. The molecule has 1 N–H and O–H groups in total. The summed E-state index contributed by atoms with van der Waals surface area (Å²) in [7, 11) is 0. The fourth-order valence-corrected chi connectivity index (χ4v) is 2.66. The number of hydrogen-bond acceptors (Lipinski definition) is 6. The summed E-state index contributed by atoms with van der Waals surface area (Å²) in [6.07, 6.45) is 5.01. The van der Waals surface area contributed by atoms with Gasteiger partial charge in [-0.15, -0.1) is 10.2 Å². The predicted molar refractivity (Wildman–Crippen MR) is 90.2 cm³/mol. The first-order valence-corrected chi connectivity index (χ1v) is 8.06. The quantitative estimate of drug-likeness (QED) is 0.676. The number of nitrogens with one attached hydrogen (secondary N) is 1.